The van der Waals surface area contributed by atoms with Gasteiger partial charge in [0.1, 0.15) is 0 Å². The van der Waals surface area contributed by atoms with Gasteiger partial charge in [-0.2, -0.15) is 13.2 Å². The Labute approximate surface area is 117 Å². The van der Waals surface area contributed by atoms with Crippen molar-refractivity contribution in [1.82, 2.24) is 10.2 Å². The zero-order valence-corrected chi connectivity index (χ0v) is 11.8. The lowest BCUT2D eigenvalue weighted by molar-refractivity contribution is -0.138. The molecular formula is C14H20F3N3. The molecule has 20 heavy (non-hydrogen) atoms. The quantitative estimate of drug-likeness (QED) is 0.919. The van der Waals surface area contributed by atoms with Crippen LogP contribution in [0.4, 0.5) is 18.9 Å². The standard InChI is InChI=1S/C14H20F3N3/c1-18-10-11-3-4-12(9-13(11)14(15,16)17)20-7-5-19(2)6-8-20/h3-4,9,18H,5-8,10H2,1-2H3. The number of rotatable bonds is 3. The predicted molar refractivity (Wildman–Crippen MR) is 73.9 cm³/mol. The molecule has 2 rings (SSSR count). The van der Waals surface area contributed by atoms with Crippen molar-refractivity contribution in [2.45, 2.75) is 12.7 Å². The smallest absolute Gasteiger partial charge is 0.369 e. The number of alkyl halides is 3. The van der Waals surface area contributed by atoms with Crippen molar-refractivity contribution in [3.63, 3.8) is 0 Å². The van der Waals surface area contributed by atoms with Gasteiger partial charge in [-0.3, -0.25) is 0 Å². The zero-order valence-electron chi connectivity index (χ0n) is 11.8. The van der Waals surface area contributed by atoms with Gasteiger partial charge in [0.15, 0.2) is 0 Å². The van der Waals surface area contributed by atoms with Crippen molar-refractivity contribution >= 4 is 5.69 Å². The summed E-state index contributed by atoms with van der Waals surface area (Å²) in [5.74, 6) is 0. The van der Waals surface area contributed by atoms with Gasteiger partial charge in [0.2, 0.25) is 0 Å². The highest BCUT2D eigenvalue weighted by Gasteiger charge is 2.33. The molecule has 1 N–H and O–H groups in total. The van der Waals surface area contributed by atoms with Gasteiger partial charge in [-0.05, 0) is 31.8 Å². The third-order valence-corrected chi connectivity index (χ3v) is 3.63. The topological polar surface area (TPSA) is 18.5 Å². The number of likely N-dealkylation sites (N-methyl/N-ethyl adjacent to an activating group) is 1. The molecule has 0 spiro atoms. The molecule has 6 heteroatoms. The second-order valence-corrected chi connectivity index (χ2v) is 5.16. The van der Waals surface area contributed by atoms with Gasteiger partial charge in [0.25, 0.3) is 0 Å². The molecule has 1 aromatic rings. The Balaban J connectivity index is 2.27. The molecule has 112 valence electrons. The zero-order chi connectivity index (χ0) is 14.8. The summed E-state index contributed by atoms with van der Waals surface area (Å²) in [6, 6.07) is 4.64. The maximum Gasteiger partial charge on any atom is 0.416 e. The molecule has 0 amide bonds. The first-order valence-electron chi connectivity index (χ1n) is 6.70. The van der Waals surface area contributed by atoms with Crippen molar-refractivity contribution in [2.75, 3.05) is 45.2 Å². The molecule has 1 aliphatic rings. The SMILES string of the molecule is CNCc1ccc(N2CCN(C)CC2)cc1C(F)(F)F. The molecule has 0 bridgehead atoms. The minimum absolute atomic E-state index is 0.220. The van der Waals surface area contributed by atoms with Crippen LogP contribution < -0.4 is 10.2 Å². The average molecular weight is 287 g/mol. The van der Waals surface area contributed by atoms with E-state index in [-0.39, 0.29) is 12.1 Å². The summed E-state index contributed by atoms with van der Waals surface area (Å²) in [5.41, 5.74) is 0.409. The second kappa shape index (κ2) is 6.01. The molecule has 1 heterocycles. The van der Waals surface area contributed by atoms with Crippen molar-refractivity contribution < 1.29 is 13.2 Å². The van der Waals surface area contributed by atoms with Gasteiger partial charge in [0.05, 0.1) is 5.56 Å². The molecule has 0 unspecified atom stereocenters. The van der Waals surface area contributed by atoms with E-state index in [1.807, 2.05) is 11.9 Å². The van der Waals surface area contributed by atoms with E-state index in [0.717, 1.165) is 26.2 Å². The second-order valence-electron chi connectivity index (χ2n) is 5.16. The molecule has 1 saturated heterocycles. The van der Waals surface area contributed by atoms with Gasteiger partial charge < -0.3 is 15.1 Å². The van der Waals surface area contributed by atoms with Crippen molar-refractivity contribution in [3.05, 3.63) is 29.3 Å². The predicted octanol–water partition coefficient (Wildman–Crippen LogP) is 2.18. The summed E-state index contributed by atoms with van der Waals surface area (Å²) in [6.45, 7) is 3.50. The van der Waals surface area contributed by atoms with E-state index in [2.05, 4.69) is 10.2 Å². The molecule has 1 aliphatic heterocycles. The summed E-state index contributed by atoms with van der Waals surface area (Å²) < 4.78 is 39.4. The van der Waals surface area contributed by atoms with Crippen LogP contribution in [0.25, 0.3) is 0 Å². The van der Waals surface area contributed by atoms with Crippen LogP contribution in [0.3, 0.4) is 0 Å². The Morgan fingerprint density at radius 1 is 1.15 bits per heavy atom. The van der Waals surface area contributed by atoms with E-state index >= 15 is 0 Å². The number of anilines is 1. The summed E-state index contributed by atoms with van der Waals surface area (Å²) in [7, 11) is 3.67. The lowest BCUT2D eigenvalue weighted by atomic mass is 10.0. The van der Waals surface area contributed by atoms with E-state index in [1.54, 1.807) is 19.2 Å². The van der Waals surface area contributed by atoms with E-state index in [9.17, 15) is 13.2 Å². The third kappa shape index (κ3) is 3.43. The summed E-state index contributed by atoms with van der Waals surface area (Å²) in [5, 5.41) is 2.78. The molecule has 0 radical (unpaired) electrons. The van der Waals surface area contributed by atoms with Crippen LogP contribution in [-0.4, -0.2) is 45.2 Å². The molecule has 0 saturated carbocycles. The van der Waals surface area contributed by atoms with E-state index in [1.165, 1.54) is 6.07 Å². The van der Waals surface area contributed by atoms with E-state index in [4.69, 9.17) is 0 Å². The van der Waals surface area contributed by atoms with Gasteiger partial charge >= 0.3 is 6.18 Å². The molecule has 0 atom stereocenters. The number of benzene rings is 1. The fraction of sp³-hybridized carbons (Fsp3) is 0.571. The number of nitrogens with zero attached hydrogens (tertiary/aromatic N) is 2. The number of hydrogen-bond acceptors (Lipinski definition) is 3. The first-order chi connectivity index (χ1) is 9.41. The van der Waals surface area contributed by atoms with Crippen molar-refractivity contribution in [2.24, 2.45) is 0 Å². The van der Waals surface area contributed by atoms with Gasteiger partial charge in [-0.25, -0.2) is 0 Å². The minimum atomic E-state index is -4.31. The van der Waals surface area contributed by atoms with Crippen LogP contribution in [0.5, 0.6) is 0 Å². The minimum Gasteiger partial charge on any atom is -0.369 e. The maximum atomic E-state index is 13.1. The fourth-order valence-electron chi connectivity index (χ4n) is 2.43. The normalized spacial score (nSPS) is 17.6. The van der Waals surface area contributed by atoms with Crippen LogP contribution in [-0.2, 0) is 12.7 Å². The molecule has 1 fully saturated rings. The summed E-state index contributed by atoms with van der Waals surface area (Å²) in [4.78, 5) is 4.19. The van der Waals surface area contributed by atoms with Crippen LogP contribution in [0.15, 0.2) is 18.2 Å². The third-order valence-electron chi connectivity index (χ3n) is 3.63. The van der Waals surface area contributed by atoms with E-state index in [0.29, 0.717) is 5.69 Å². The van der Waals surface area contributed by atoms with Gasteiger partial charge in [-0.15, -0.1) is 0 Å². The molecule has 3 nitrogen and oxygen atoms in total. The maximum absolute atomic E-state index is 13.1. The Hall–Kier alpha value is -1.27. The van der Waals surface area contributed by atoms with Gasteiger partial charge in [0, 0.05) is 38.4 Å². The highest BCUT2D eigenvalue weighted by Crippen LogP contribution is 2.34. The lowest BCUT2D eigenvalue weighted by Crippen LogP contribution is -2.44. The fourth-order valence-corrected chi connectivity index (χ4v) is 2.43. The molecule has 0 aromatic heterocycles. The first kappa shape index (κ1) is 15.1. The van der Waals surface area contributed by atoms with Crippen LogP contribution in [0.1, 0.15) is 11.1 Å². The first-order valence-corrected chi connectivity index (χ1v) is 6.70. The molecular weight excluding hydrogens is 267 g/mol. The van der Waals surface area contributed by atoms with E-state index < -0.39 is 11.7 Å². The number of nitrogens with one attached hydrogen (secondary N) is 1. The van der Waals surface area contributed by atoms with Crippen LogP contribution >= 0.6 is 0 Å². The number of halogens is 3. The Morgan fingerprint density at radius 3 is 2.35 bits per heavy atom. The molecule has 1 aromatic carbocycles. The highest BCUT2D eigenvalue weighted by atomic mass is 19.4. The van der Waals surface area contributed by atoms with Crippen LogP contribution in [0.2, 0.25) is 0 Å². The number of piperazine rings is 1. The Kier molecular flexibility index (Phi) is 4.55. The lowest BCUT2D eigenvalue weighted by Gasteiger charge is -2.34. The Morgan fingerprint density at radius 2 is 1.80 bits per heavy atom. The van der Waals surface area contributed by atoms with Crippen LogP contribution in [0, 0.1) is 0 Å². The summed E-state index contributed by atoms with van der Waals surface area (Å²) in [6.07, 6.45) is -4.31. The summed E-state index contributed by atoms with van der Waals surface area (Å²) >= 11 is 0. The van der Waals surface area contributed by atoms with Gasteiger partial charge in [-0.1, -0.05) is 6.07 Å². The average Bonchev–Trinajstić information content (AvgIpc) is 2.39. The largest absolute Gasteiger partial charge is 0.416 e. The Bertz CT molecular complexity index is 451. The van der Waals surface area contributed by atoms with Crippen molar-refractivity contribution in [1.29, 1.82) is 0 Å². The number of hydrogen-bond donors (Lipinski definition) is 1. The monoisotopic (exact) mass is 287 g/mol. The highest BCUT2D eigenvalue weighted by molar-refractivity contribution is 5.52. The van der Waals surface area contributed by atoms with Crippen molar-refractivity contribution in [3.8, 4) is 0 Å². The molecule has 0 aliphatic carbocycles.